The number of aliphatic hydroxyl groups is 1. The van der Waals surface area contributed by atoms with Crippen LogP contribution in [0.15, 0.2) is 23.1 Å². The van der Waals surface area contributed by atoms with E-state index in [1.54, 1.807) is 6.07 Å². The zero-order valence-corrected chi connectivity index (χ0v) is 9.32. The van der Waals surface area contributed by atoms with Gasteiger partial charge in [0.1, 0.15) is 0 Å². The Labute approximate surface area is 95.5 Å². The maximum Gasteiger partial charge on any atom is 0.497 e. The number of diazo groups is 1. The van der Waals surface area contributed by atoms with Gasteiger partial charge in [0.2, 0.25) is 11.2 Å². The van der Waals surface area contributed by atoms with Crippen molar-refractivity contribution in [1.29, 1.82) is 10.7 Å². The SMILES string of the molecule is N#C/C([N+]#N)=C(\O)CCCC1=CCCCC1. The maximum absolute atomic E-state index is 9.42. The third-order valence-corrected chi connectivity index (χ3v) is 2.78. The molecule has 0 aromatic heterocycles. The predicted molar refractivity (Wildman–Crippen MR) is 60.8 cm³/mol. The molecule has 0 fully saturated rings. The molecule has 1 N–H and O–H groups in total. The summed E-state index contributed by atoms with van der Waals surface area (Å²) >= 11 is 0. The first kappa shape index (κ1) is 12.3. The van der Waals surface area contributed by atoms with Crippen molar-refractivity contribution in [3.63, 3.8) is 0 Å². The Balaban J connectivity index is 2.36. The zero-order chi connectivity index (χ0) is 11.8. The summed E-state index contributed by atoms with van der Waals surface area (Å²) in [5.74, 6) is -0.124. The van der Waals surface area contributed by atoms with Crippen molar-refractivity contribution >= 4 is 0 Å². The minimum absolute atomic E-state index is 0.124. The Hall–Kier alpha value is -1.81. The van der Waals surface area contributed by atoms with Crippen LogP contribution in [0.3, 0.4) is 0 Å². The fourth-order valence-electron chi connectivity index (χ4n) is 1.88. The molecule has 0 aromatic rings. The molecule has 1 rings (SSSR count). The van der Waals surface area contributed by atoms with Gasteiger partial charge in [-0.1, -0.05) is 11.6 Å². The average molecular weight is 218 g/mol. The number of nitrogens with zero attached hydrogens (tertiary/aromatic N) is 3. The van der Waals surface area contributed by atoms with Crippen molar-refractivity contribution in [1.82, 2.24) is 0 Å². The molecule has 0 amide bonds. The van der Waals surface area contributed by atoms with Crippen LogP contribution < -0.4 is 0 Å². The minimum atomic E-state index is -0.280. The molecule has 0 spiro atoms. The summed E-state index contributed by atoms with van der Waals surface area (Å²) in [5, 5.41) is 26.4. The fourth-order valence-corrected chi connectivity index (χ4v) is 1.88. The van der Waals surface area contributed by atoms with Gasteiger partial charge in [-0.25, -0.2) is 0 Å². The van der Waals surface area contributed by atoms with Crippen molar-refractivity contribution < 1.29 is 5.11 Å². The van der Waals surface area contributed by atoms with E-state index in [1.807, 2.05) is 0 Å². The number of nitriles is 1. The molecule has 0 heterocycles. The van der Waals surface area contributed by atoms with Gasteiger partial charge in [0.15, 0.2) is 11.0 Å². The number of allylic oxidation sites excluding steroid dienone is 4. The Morgan fingerprint density at radius 1 is 1.50 bits per heavy atom. The highest BCUT2D eigenvalue weighted by molar-refractivity contribution is 5.28. The van der Waals surface area contributed by atoms with Gasteiger partial charge in [0.05, 0.1) is 0 Å². The van der Waals surface area contributed by atoms with Crippen LogP contribution in [0.5, 0.6) is 0 Å². The van der Waals surface area contributed by atoms with Gasteiger partial charge in [0, 0.05) is 6.42 Å². The van der Waals surface area contributed by atoms with Crippen molar-refractivity contribution in [2.75, 3.05) is 0 Å². The first-order chi connectivity index (χ1) is 7.77. The molecule has 4 heteroatoms. The number of hydrogen-bond acceptors (Lipinski definition) is 3. The van der Waals surface area contributed by atoms with Gasteiger partial charge >= 0.3 is 5.70 Å². The lowest BCUT2D eigenvalue weighted by atomic mass is 9.95. The Bertz CT molecular complexity index is 366. The zero-order valence-electron chi connectivity index (χ0n) is 9.32. The summed E-state index contributed by atoms with van der Waals surface area (Å²) in [4.78, 5) is 2.73. The second-order valence-electron chi connectivity index (χ2n) is 3.97. The predicted octanol–water partition coefficient (Wildman–Crippen LogP) is 3.80. The first-order valence-electron chi connectivity index (χ1n) is 5.63. The van der Waals surface area contributed by atoms with Crippen LogP contribution in [-0.4, -0.2) is 5.11 Å². The van der Waals surface area contributed by atoms with E-state index in [9.17, 15) is 5.11 Å². The molecule has 0 bridgehead atoms. The minimum Gasteiger partial charge on any atom is -0.504 e. The summed E-state index contributed by atoms with van der Waals surface area (Å²) in [6.45, 7) is 0. The average Bonchev–Trinajstić information content (AvgIpc) is 2.32. The van der Waals surface area contributed by atoms with Crippen LogP contribution in [-0.2, 0) is 0 Å². The van der Waals surface area contributed by atoms with E-state index in [1.165, 1.54) is 18.4 Å². The van der Waals surface area contributed by atoms with Gasteiger partial charge in [-0.15, -0.1) is 0 Å². The highest BCUT2D eigenvalue weighted by Crippen LogP contribution is 2.23. The van der Waals surface area contributed by atoms with E-state index in [0.29, 0.717) is 6.42 Å². The maximum atomic E-state index is 9.42. The van der Waals surface area contributed by atoms with E-state index in [0.717, 1.165) is 25.7 Å². The molecule has 0 atom stereocenters. The summed E-state index contributed by atoms with van der Waals surface area (Å²) in [6, 6.07) is 1.64. The van der Waals surface area contributed by atoms with Gasteiger partial charge in [-0.05, 0) is 38.5 Å². The second-order valence-corrected chi connectivity index (χ2v) is 3.97. The van der Waals surface area contributed by atoms with Crippen LogP contribution in [0.4, 0.5) is 0 Å². The Morgan fingerprint density at radius 3 is 2.88 bits per heavy atom. The van der Waals surface area contributed by atoms with Crippen LogP contribution >= 0.6 is 0 Å². The first-order valence-corrected chi connectivity index (χ1v) is 5.63. The molecule has 1 aliphatic carbocycles. The van der Waals surface area contributed by atoms with E-state index in [2.05, 4.69) is 11.1 Å². The molecule has 0 aromatic carbocycles. The van der Waals surface area contributed by atoms with E-state index >= 15 is 0 Å². The van der Waals surface area contributed by atoms with E-state index in [4.69, 9.17) is 10.7 Å². The monoisotopic (exact) mass is 218 g/mol. The molecule has 0 radical (unpaired) electrons. The number of hydrogen-bond donors (Lipinski definition) is 1. The summed E-state index contributed by atoms with van der Waals surface area (Å²) in [5.41, 5.74) is 1.16. The lowest BCUT2D eigenvalue weighted by Gasteiger charge is -2.11. The van der Waals surface area contributed by atoms with Crippen LogP contribution in [0, 0.1) is 16.7 Å². The van der Waals surface area contributed by atoms with Crippen molar-refractivity contribution in [3.8, 4) is 6.07 Å². The molecular formula is C12H16N3O+. The Morgan fingerprint density at radius 2 is 2.31 bits per heavy atom. The van der Waals surface area contributed by atoms with Crippen molar-refractivity contribution in [2.24, 2.45) is 0 Å². The van der Waals surface area contributed by atoms with E-state index < -0.39 is 0 Å². The smallest absolute Gasteiger partial charge is 0.497 e. The summed E-state index contributed by atoms with van der Waals surface area (Å²) in [6.07, 6.45) is 9.25. The molecule has 16 heavy (non-hydrogen) atoms. The third-order valence-electron chi connectivity index (χ3n) is 2.78. The van der Waals surface area contributed by atoms with Gasteiger partial charge in [-0.2, -0.15) is 5.26 Å². The largest absolute Gasteiger partial charge is 0.504 e. The van der Waals surface area contributed by atoms with Gasteiger partial charge in [0.25, 0.3) is 0 Å². The summed E-state index contributed by atoms with van der Waals surface area (Å²) < 4.78 is 0. The van der Waals surface area contributed by atoms with Crippen molar-refractivity contribution in [2.45, 2.75) is 44.9 Å². The lowest BCUT2D eigenvalue weighted by Crippen LogP contribution is -1.93. The van der Waals surface area contributed by atoms with Gasteiger partial charge in [-0.3, -0.25) is 0 Å². The van der Waals surface area contributed by atoms with Crippen LogP contribution in [0.25, 0.3) is 4.98 Å². The summed E-state index contributed by atoms with van der Waals surface area (Å²) in [7, 11) is 0. The van der Waals surface area contributed by atoms with Crippen LogP contribution in [0.1, 0.15) is 44.9 Å². The molecule has 4 nitrogen and oxygen atoms in total. The molecule has 1 aliphatic rings. The normalized spacial score (nSPS) is 16.8. The Kier molecular flexibility index (Phi) is 5.08. The van der Waals surface area contributed by atoms with Crippen LogP contribution in [0.2, 0.25) is 0 Å². The van der Waals surface area contributed by atoms with E-state index in [-0.39, 0.29) is 11.5 Å². The van der Waals surface area contributed by atoms with Crippen molar-refractivity contribution in [3.05, 3.63) is 28.1 Å². The quantitative estimate of drug-likeness (QED) is 0.337. The fraction of sp³-hybridized carbons (Fsp3) is 0.583. The molecule has 0 aliphatic heterocycles. The van der Waals surface area contributed by atoms with Gasteiger partial charge < -0.3 is 5.11 Å². The molecule has 0 saturated heterocycles. The number of rotatable bonds is 4. The third kappa shape index (κ3) is 3.74. The molecular weight excluding hydrogens is 202 g/mol. The highest BCUT2D eigenvalue weighted by atomic mass is 16.3. The topological polar surface area (TPSA) is 72.2 Å². The second kappa shape index (κ2) is 6.63. The molecule has 0 saturated carbocycles. The standard InChI is InChI=1S/C12H15N3O/c13-9-11(15-14)12(16)8-4-7-10-5-2-1-3-6-10/h5H,1-4,6-8H2/p+1/b12-11+. The molecule has 84 valence electrons. The number of aliphatic hydroxyl groups excluding tert-OH is 1. The molecule has 0 unspecified atom stereocenters. The highest BCUT2D eigenvalue weighted by Gasteiger charge is 2.17. The lowest BCUT2D eigenvalue weighted by molar-refractivity contribution is 0.380.